The van der Waals surface area contributed by atoms with Gasteiger partial charge in [-0.25, -0.2) is 0 Å². The summed E-state index contributed by atoms with van der Waals surface area (Å²) < 4.78 is 0. The average Bonchev–Trinajstić information content (AvgIpc) is 2.71. The van der Waals surface area contributed by atoms with E-state index in [1.54, 1.807) is 11.3 Å². The van der Waals surface area contributed by atoms with Gasteiger partial charge in [0.05, 0.1) is 0 Å². The van der Waals surface area contributed by atoms with Crippen LogP contribution in [-0.2, 0) is 6.54 Å². The molecule has 72 valence electrons. The average molecular weight is 196 g/mol. The van der Waals surface area contributed by atoms with Crippen molar-refractivity contribution in [1.82, 2.24) is 10.2 Å². The van der Waals surface area contributed by atoms with Crippen molar-refractivity contribution in [2.75, 3.05) is 20.1 Å². The lowest BCUT2D eigenvalue weighted by Gasteiger charge is -2.11. The lowest BCUT2D eigenvalue weighted by Crippen LogP contribution is -2.30. The van der Waals surface area contributed by atoms with Gasteiger partial charge in [-0.1, -0.05) is 0 Å². The molecule has 2 heterocycles. The smallest absolute Gasteiger partial charge is 0.0216 e. The van der Waals surface area contributed by atoms with Crippen LogP contribution in [0.25, 0.3) is 0 Å². The molecule has 2 rings (SSSR count). The quantitative estimate of drug-likeness (QED) is 0.789. The van der Waals surface area contributed by atoms with Crippen molar-refractivity contribution in [2.45, 2.75) is 19.0 Å². The van der Waals surface area contributed by atoms with E-state index in [0.29, 0.717) is 6.04 Å². The van der Waals surface area contributed by atoms with E-state index in [0.717, 1.165) is 6.54 Å². The molecule has 1 N–H and O–H groups in total. The highest BCUT2D eigenvalue weighted by Gasteiger charge is 2.18. The second kappa shape index (κ2) is 4.22. The number of hydrogen-bond donors (Lipinski definition) is 1. The van der Waals surface area contributed by atoms with E-state index in [1.165, 1.54) is 25.1 Å². The van der Waals surface area contributed by atoms with Gasteiger partial charge in [-0.15, -0.1) is 0 Å². The molecule has 0 aliphatic carbocycles. The first-order valence-electron chi connectivity index (χ1n) is 4.77. The molecular formula is C10H16N2S. The molecule has 0 radical (unpaired) electrons. The Labute approximate surface area is 83.6 Å². The van der Waals surface area contributed by atoms with Crippen LogP contribution in [0.1, 0.15) is 12.0 Å². The number of rotatable bonds is 3. The summed E-state index contributed by atoms with van der Waals surface area (Å²) in [5, 5.41) is 7.93. The van der Waals surface area contributed by atoms with Crippen LogP contribution in [0.15, 0.2) is 16.8 Å². The summed E-state index contributed by atoms with van der Waals surface area (Å²) in [5.74, 6) is 0. The molecule has 13 heavy (non-hydrogen) atoms. The highest BCUT2D eigenvalue weighted by Crippen LogP contribution is 2.09. The van der Waals surface area contributed by atoms with Gasteiger partial charge in [0.15, 0.2) is 0 Å². The zero-order chi connectivity index (χ0) is 9.10. The first kappa shape index (κ1) is 9.19. The molecule has 1 aliphatic rings. The molecule has 1 unspecified atom stereocenters. The van der Waals surface area contributed by atoms with Crippen molar-refractivity contribution in [3.8, 4) is 0 Å². The summed E-state index contributed by atoms with van der Waals surface area (Å²) in [6, 6.07) is 2.89. The van der Waals surface area contributed by atoms with Crippen molar-refractivity contribution in [2.24, 2.45) is 0 Å². The highest BCUT2D eigenvalue weighted by atomic mass is 32.1. The van der Waals surface area contributed by atoms with Crippen LogP contribution >= 0.6 is 11.3 Å². The van der Waals surface area contributed by atoms with E-state index < -0.39 is 0 Å². The molecule has 1 saturated heterocycles. The van der Waals surface area contributed by atoms with Gasteiger partial charge in [-0.3, -0.25) is 0 Å². The zero-order valence-corrected chi connectivity index (χ0v) is 8.81. The maximum Gasteiger partial charge on any atom is 0.0216 e. The van der Waals surface area contributed by atoms with E-state index in [4.69, 9.17) is 0 Å². The van der Waals surface area contributed by atoms with Crippen molar-refractivity contribution in [3.05, 3.63) is 22.4 Å². The summed E-state index contributed by atoms with van der Waals surface area (Å²) in [7, 11) is 2.19. The van der Waals surface area contributed by atoms with E-state index in [-0.39, 0.29) is 0 Å². The highest BCUT2D eigenvalue weighted by molar-refractivity contribution is 7.07. The van der Waals surface area contributed by atoms with Gasteiger partial charge in [0.25, 0.3) is 0 Å². The normalized spacial score (nSPS) is 23.9. The molecule has 0 aromatic carbocycles. The molecule has 0 amide bonds. The number of likely N-dealkylation sites (tertiary alicyclic amines) is 1. The fraction of sp³-hybridized carbons (Fsp3) is 0.600. The van der Waals surface area contributed by atoms with E-state index in [1.807, 2.05) is 0 Å². The minimum atomic E-state index is 0.699. The van der Waals surface area contributed by atoms with E-state index >= 15 is 0 Å². The predicted octanol–water partition coefficient (Wildman–Crippen LogP) is 1.54. The summed E-state index contributed by atoms with van der Waals surface area (Å²) in [6.07, 6.45) is 1.29. The van der Waals surface area contributed by atoms with Gasteiger partial charge in [0, 0.05) is 19.1 Å². The SMILES string of the molecule is CN1CCC(NCc2ccsc2)C1. The second-order valence-electron chi connectivity index (χ2n) is 3.76. The molecule has 1 aromatic heterocycles. The molecule has 0 spiro atoms. The standard InChI is InChI=1S/C10H16N2S/c1-12-4-2-10(7-12)11-6-9-3-5-13-8-9/h3,5,8,10-11H,2,4,6-7H2,1H3. The Kier molecular flexibility index (Phi) is 2.98. The number of hydrogen-bond acceptors (Lipinski definition) is 3. The first-order valence-corrected chi connectivity index (χ1v) is 5.72. The topological polar surface area (TPSA) is 15.3 Å². The zero-order valence-electron chi connectivity index (χ0n) is 7.99. The predicted molar refractivity (Wildman–Crippen MR) is 57.1 cm³/mol. The number of likely N-dealkylation sites (N-methyl/N-ethyl adjacent to an activating group) is 1. The minimum Gasteiger partial charge on any atom is -0.309 e. The van der Waals surface area contributed by atoms with Crippen LogP contribution in [0.3, 0.4) is 0 Å². The largest absolute Gasteiger partial charge is 0.309 e. The Balaban J connectivity index is 1.74. The third kappa shape index (κ3) is 2.53. The summed E-state index contributed by atoms with van der Waals surface area (Å²) in [6.45, 7) is 3.47. The molecule has 1 aromatic rings. The Morgan fingerprint density at radius 1 is 1.69 bits per heavy atom. The Hall–Kier alpha value is -0.380. The molecule has 3 heteroatoms. The van der Waals surface area contributed by atoms with Gasteiger partial charge in [0.1, 0.15) is 0 Å². The third-order valence-electron chi connectivity index (χ3n) is 2.57. The maximum atomic E-state index is 3.58. The van der Waals surface area contributed by atoms with Crippen molar-refractivity contribution in [1.29, 1.82) is 0 Å². The Morgan fingerprint density at radius 2 is 2.62 bits per heavy atom. The molecule has 2 nitrogen and oxygen atoms in total. The van der Waals surface area contributed by atoms with Crippen LogP contribution in [0.2, 0.25) is 0 Å². The first-order chi connectivity index (χ1) is 6.34. The van der Waals surface area contributed by atoms with Gasteiger partial charge >= 0.3 is 0 Å². The van der Waals surface area contributed by atoms with E-state index in [2.05, 4.69) is 34.1 Å². The summed E-state index contributed by atoms with van der Waals surface area (Å²) in [4.78, 5) is 2.38. The van der Waals surface area contributed by atoms with Gasteiger partial charge in [-0.05, 0) is 42.4 Å². The summed E-state index contributed by atoms with van der Waals surface area (Å²) >= 11 is 1.77. The molecule has 1 aliphatic heterocycles. The molecule has 0 bridgehead atoms. The van der Waals surface area contributed by atoms with Crippen LogP contribution in [0, 0.1) is 0 Å². The van der Waals surface area contributed by atoms with E-state index in [9.17, 15) is 0 Å². The molecule has 1 fully saturated rings. The second-order valence-corrected chi connectivity index (χ2v) is 4.54. The number of nitrogens with zero attached hydrogens (tertiary/aromatic N) is 1. The molecule has 0 saturated carbocycles. The summed E-state index contributed by atoms with van der Waals surface area (Å²) in [5.41, 5.74) is 1.42. The fourth-order valence-corrected chi connectivity index (χ4v) is 2.43. The Morgan fingerprint density at radius 3 is 3.23 bits per heavy atom. The van der Waals surface area contributed by atoms with Crippen LogP contribution in [0.4, 0.5) is 0 Å². The molecule has 1 atom stereocenters. The van der Waals surface area contributed by atoms with Crippen LogP contribution in [0.5, 0.6) is 0 Å². The lowest BCUT2D eigenvalue weighted by molar-refractivity contribution is 0.398. The number of thiophene rings is 1. The third-order valence-corrected chi connectivity index (χ3v) is 3.30. The maximum absolute atomic E-state index is 3.58. The molecular weight excluding hydrogens is 180 g/mol. The fourth-order valence-electron chi connectivity index (χ4n) is 1.76. The minimum absolute atomic E-state index is 0.699. The Bertz CT molecular complexity index is 245. The monoisotopic (exact) mass is 196 g/mol. The number of nitrogens with one attached hydrogen (secondary N) is 1. The van der Waals surface area contributed by atoms with Gasteiger partial charge < -0.3 is 10.2 Å². The van der Waals surface area contributed by atoms with Gasteiger partial charge in [-0.2, -0.15) is 11.3 Å². The van der Waals surface area contributed by atoms with Crippen molar-refractivity contribution in [3.63, 3.8) is 0 Å². The lowest BCUT2D eigenvalue weighted by atomic mass is 10.2. The van der Waals surface area contributed by atoms with Crippen LogP contribution < -0.4 is 5.32 Å². The van der Waals surface area contributed by atoms with Crippen molar-refractivity contribution >= 4 is 11.3 Å². The van der Waals surface area contributed by atoms with Crippen molar-refractivity contribution < 1.29 is 0 Å². The van der Waals surface area contributed by atoms with Gasteiger partial charge in [0.2, 0.25) is 0 Å². The van der Waals surface area contributed by atoms with Crippen LogP contribution in [-0.4, -0.2) is 31.1 Å².